The van der Waals surface area contributed by atoms with Crippen molar-refractivity contribution >= 4 is 11.6 Å². The van der Waals surface area contributed by atoms with Gasteiger partial charge in [-0.3, -0.25) is 0 Å². The average molecular weight is 226 g/mol. The molecule has 0 aliphatic carbocycles. The van der Waals surface area contributed by atoms with Gasteiger partial charge in [-0.15, -0.1) is 0 Å². The van der Waals surface area contributed by atoms with Crippen LogP contribution in [-0.4, -0.2) is 19.7 Å². The third kappa shape index (κ3) is 2.33. The Balaban J connectivity index is 2.30. The number of rotatable bonds is 1. The molecule has 0 saturated carbocycles. The van der Waals surface area contributed by atoms with Crippen LogP contribution in [0.1, 0.15) is 22.8 Å². The van der Waals surface area contributed by atoms with Crippen molar-refractivity contribution < 1.29 is 4.74 Å². The van der Waals surface area contributed by atoms with E-state index in [9.17, 15) is 0 Å². The third-order valence-corrected chi connectivity index (χ3v) is 3.23. The third-order valence-electron chi connectivity index (χ3n) is 2.82. The van der Waals surface area contributed by atoms with Gasteiger partial charge < -0.3 is 10.1 Å². The smallest absolute Gasteiger partial charge is 0.0952 e. The van der Waals surface area contributed by atoms with Gasteiger partial charge >= 0.3 is 0 Å². The number of morpholine rings is 1. The maximum Gasteiger partial charge on any atom is 0.0952 e. The van der Waals surface area contributed by atoms with Crippen molar-refractivity contribution in [1.82, 2.24) is 5.32 Å². The molecule has 0 amide bonds. The molecule has 15 heavy (non-hydrogen) atoms. The molecule has 1 aliphatic heterocycles. The average Bonchev–Trinajstić information content (AvgIpc) is 2.25. The number of halogens is 1. The van der Waals surface area contributed by atoms with Crippen LogP contribution in [0.2, 0.25) is 5.02 Å². The molecule has 0 spiro atoms. The summed E-state index contributed by atoms with van der Waals surface area (Å²) in [6.07, 6.45) is 0.176. The van der Waals surface area contributed by atoms with Gasteiger partial charge in [-0.25, -0.2) is 0 Å². The zero-order chi connectivity index (χ0) is 10.8. The van der Waals surface area contributed by atoms with Gasteiger partial charge in [0.05, 0.1) is 12.7 Å². The first-order valence-electron chi connectivity index (χ1n) is 5.27. The summed E-state index contributed by atoms with van der Waals surface area (Å²) in [5.41, 5.74) is 3.58. The lowest BCUT2D eigenvalue weighted by Gasteiger charge is -2.25. The van der Waals surface area contributed by atoms with Crippen molar-refractivity contribution in [3.05, 3.63) is 33.8 Å². The molecule has 1 N–H and O–H groups in total. The van der Waals surface area contributed by atoms with E-state index in [1.165, 1.54) is 11.1 Å². The first-order valence-corrected chi connectivity index (χ1v) is 5.65. The Morgan fingerprint density at radius 3 is 2.80 bits per heavy atom. The number of hydrogen-bond acceptors (Lipinski definition) is 2. The van der Waals surface area contributed by atoms with Crippen LogP contribution in [0.15, 0.2) is 12.1 Å². The summed E-state index contributed by atoms with van der Waals surface area (Å²) in [5.74, 6) is 0. The quantitative estimate of drug-likeness (QED) is 0.794. The van der Waals surface area contributed by atoms with Gasteiger partial charge in [-0.1, -0.05) is 17.7 Å². The maximum atomic E-state index is 6.07. The van der Waals surface area contributed by atoms with Crippen LogP contribution in [0.3, 0.4) is 0 Å². The number of nitrogens with one attached hydrogen (secondary N) is 1. The second-order valence-corrected chi connectivity index (χ2v) is 4.43. The SMILES string of the molecule is Cc1cc(C2CNCCO2)c(C)cc1Cl. The predicted molar refractivity (Wildman–Crippen MR) is 62.5 cm³/mol. The Labute approximate surface area is 95.6 Å². The second-order valence-electron chi connectivity index (χ2n) is 4.02. The molecule has 82 valence electrons. The summed E-state index contributed by atoms with van der Waals surface area (Å²) >= 11 is 6.07. The fourth-order valence-corrected chi connectivity index (χ4v) is 2.13. The molecule has 1 unspecified atom stereocenters. The molecule has 1 atom stereocenters. The van der Waals surface area contributed by atoms with Gasteiger partial charge in [0.1, 0.15) is 0 Å². The van der Waals surface area contributed by atoms with Crippen LogP contribution >= 0.6 is 11.6 Å². The predicted octanol–water partition coefficient (Wildman–Crippen LogP) is 2.62. The molecule has 2 nitrogen and oxygen atoms in total. The van der Waals surface area contributed by atoms with Crippen molar-refractivity contribution in [2.45, 2.75) is 20.0 Å². The Hall–Kier alpha value is -0.570. The van der Waals surface area contributed by atoms with Crippen LogP contribution in [0.25, 0.3) is 0 Å². The lowest BCUT2D eigenvalue weighted by atomic mass is 10.00. The number of aryl methyl sites for hydroxylation is 2. The number of ether oxygens (including phenoxy) is 1. The van der Waals surface area contributed by atoms with Gasteiger partial charge in [0, 0.05) is 18.1 Å². The molecule has 1 heterocycles. The molecule has 1 fully saturated rings. The molecule has 1 saturated heterocycles. The van der Waals surface area contributed by atoms with Crippen LogP contribution in [0.4, 0.5) is 0 Å². The summed E-state index contributed by atoms with van der Waals surface area (Å²) < 4.78 is 5.73. The van der Waals surface area contributed by atoms with Gasteiger partial charge in [0.15, 0.2) is 0 Å². The molecule has 1 aromatic carbocycles. The highest BCUT2D eigenvalue weighted by Crippen LogP contribution is 2.27. The largest absolute Gasteiger partial charge is 0.371 e. The fourth-order valence-electron chi connectivity index (χ4n) is 1.92. The highest BCUT2D eigenvalue weighted by atomic mass is 35.5. The topological polar surface area (TPSA) is 21.3 Å². The molecular formula is C12H16ClNO. The molecule has 1 aliphatic rings. The Bertz CT molecular complexity index is 359. The number of hydrogen-bond donors (Lipinski definition) is 1. The standard InChI is InChI=1S/C12H16ClNO/c1-8-6-11(13)9(2)5-10(8)12-7-14-3-4-15-12/h5-6,12,14H,3-4,7H2,1-2H3. The van der Waals surface area contributed by atoms with E-state index in [0.29, 0.717) is 0 Å². The summed E-state index contributed by atoms with van der Waals surface area (Å²) in [6, 6.07) is 4.15. The normalized spacial score (nSPS) is 21.7. The summed E-state index contributed by atoms with van der Waals surface area (Å²) in [5, 5.41) is 4.17. The highest BCUT2D eigenvalue weighted by Gasteiger charge is 2.18. The first kappa shape index (κ1) is 10.9. The Morgan fingerprint density at radius 1 is 1.33 bits per heavy atom. The van der Waals surface area contributed by atoms with Gasteiger partial charge in [-0.2, -0.15) is 0 Å². The Morgan fingerprint density at radius 2 is 2.13 bits per heavy atom. The minimum Gasteiger partial charge on any atom is -0.371 e. The zero-order valence-corrected chi connectivity index (χ0v) is 9.90. The van der Waals surface area contributed by atoms with Crippen molar-refractivity contribution in [2.24, 2.45) is 0 Å². The molecular weight excluding hydrogens is 210 g/mol. The van der Waals surface area contributed by atoms with Crippen molar-refractivity contribution in [3.63, 3.8) is 0 Å². The van der Waals surface area contributed by atoms with Crippen molar-refractivity contribution in [2.75, 3.05) is 19.7 Å². The minimum absolute atomic E-state index is 0.176. The molecule has 0 bridgehead atoms. The summed E-state index contributed by atoms with van der Waals surface area (Å²) in [4.78, 5) is 0. The fraction of sp³-hybridized carbons (Fsp3) is 0.500. The summed E-state index contributed by atoms with van der Waals surface area (Å²) in [7, 11) is 0. The van der Waals surface area contributed by atoms with Crippen molar-refractivity contribution in [3.8, 4) is 0 Å². The van der Waals surface area contributed by atoms with E-state index in [0.717, 1.165) is 30.3 Å². The van der Waals surface area contributed by atoms with Gasteiger partial charge in [0.25, 0.3) is 0 Å². The lowest BCUT2D eigenvalue weighted by Crippen LogP contribution is -2.33. The van der Waals surface area contributed by atoms with E-state index in [4.69, 9.17) is 16.3 Å². The monoisotopic (exact) mass is 225 g/mol. The van der Waals surface area contributed by atoms with E-state index in [-0.39, 0.29) is 6.10 Å². The van der Waals surface area contributed by atoms with Gasteiger partial charge in [-0.05, 0) is 36.6 Å². The van der Waals surface area contributed by atoms with Crippen LogP contribution < -0.4 is 5.32 Å². The Kier molecular flexibility index (Phi) is 3.29. The first-order chi connectivity index (χ1) is 7.18. The lowest BCUT2D eigenvalue weighted by molar-refractivity contribution is 0.0273. The summed E-state index contributed by atoms with van der Waals surface area (Å²) in [6.45, 7) is 6.73. The zero-order valence-electron chi connectivity index (χ0n) is 9.14. The van der Waals surface area contributed by atoms with E-state index in [1.54, 1.807) is 0 Å². The van der Waals surface area contributed by atoms with E-state index >= 15 is 0 Å². The van der Waals surface area contributed by atoms with Crippen LogP contribution in [0.5, 0.6) is 0 Å². The highest BCUT2D eigenvalue weighted by molar-refractivity contribution is 6.31. The van der Waals surface area contributed by atoms with E-state index < -0.39 is 0 Å². The van der Waals surface area contributed by atoms with E-state index in [2.05, 4.69) is 18.3 Å². The van der Waals surface area contributed by atoms with E-state index in [1.807, 2.05) is 13.0 Å². The molecule has 2 rings (SSSR count). The van der Waals surface area contributed by atoms with Crippen LogP contribution in [0, 0.1) is 13.8 Å². The van der Waals surface area contributed by atoms with Crippen molar-refractivity contribution in [1.29, 1.82) is 0 Å². The molecule has 1 aromatic rings. The van der Waals surface area contributed by atoms with Crippen LogP contribution in [-0.2, 0) is 4.74 Å². The number of benzene rings is 1. The maximum absolute atomic E-state index is 6.07. The molecule has 0 aromatic heterocycles. The molecule has 0 radical (unpaired) electrons. The molecule has 3 heteroatoms. The van der Waals surface area contributed by atoms with Gasteiger partial charge in [0.2, 0.25) is 0 Å². The minimum atomic E-state index is 0.176. The second kappa shape index (κ2) is 4.52.